The number of nitrogens with two attached hydrogens (primary N) is 1. The van der Waals surface area contributed by atoms with Gasteiger partial charge in [-0.3, -0.25) is 4.79 Å². The molecule has 0 aromatic carbocycles. The molecular weight excluding hydrogens is 158 g/mol. The van der Waals surface area contributed by atoms with E-state index in [4.69, 9.17) is 15.6 Å². The minimum atomic E-state index is -1.04. The van der Waals surface area contributed by atoms with Gasteiger partial charge in [-0.1, -0.05) is 0 Å². The lowest BCUT2D eigenvalue weighted by Gasteiger charge is -2.26. The quantitative estimate of drug-likeness (QED) is 0.659. The molecule has 0 saturated heterocycles. The van der Waals surface area contributed by atoms with Crippen molar-refractivity contribution < 1.29 is 14.6 Å². The number of hydrogen-bond donors (Lipinski definition) is 2. The van der Waals surface area contributed by atoms with Crippen LogP contribution in [0.25, 0.3) is 0 Å². The topological polar surface area (TPSA) is 72.5 Å². The monoisotopic (exact) mass is 175 g/mol. The molecule has 0 bridgehead atoms. The molecule has 0 unspecified atom stereocenters. The summed E-state index contributed by atoms with van der Waals surface area (Å²) in [6.45, 7) is 7.23. The zero-order valence-corrected chi connectivity index (χ0v) is 8.00. The van der Waals surface area contributed by atoms with Gasteiger partial charge in [-0.05, 0) is 27.7 Å². The number of carboxylic acids is 1. The largest absolute Gasteiger partial charge is 0.480 e. The Kier molecular flexibility index (Phi) is 3.67. The van der Waals surface area contributed by atoms with Gasteiger partial charge in [-0.25, -0.2) is 0 Å². The molecule has 0 rings (SSSR count). The lowest BCUT2D eigenvalue weighted by molar-refractivity contribution is -0.145. The molecule has 0 fully saturated rings. The van der Waals surface area contributed by atoms with E-state index in [1.165, 1.54) is 0 Å². The maximum atomic E-state index is 10.4. The Morgan fingerprint density at radius 1 is 1.50 bits per heavy atom. The average Bonchev–Trinajstić information content (AvgIpc) is 1.82. The van der Waals surface area contributed by atoms with Crippen LogP contribution in [0.3, 0.4) is 0 Å². The van der Waals surface area contributed by atoms with Crippen LogP contribution >= 0.6 is 0 Å². The first-order chi connectivity index (χ1) is 5.24. The Balaban J connectivity index is 4.04. The van der Waals surface area contributed by atoms with Crippen molar-refractivity contribution in [3.63, 3.8) is 0 Å². The molecule has 4 heteroatoms. The minimum Gasteiger partial charge on any atom is -0.480 e. The van der Waals surface area contributed by atoms with E-state index in [1.807, 2.05) is 20.8 Å². The second-order valence-electron chi connectivity index (χ2n) is 3.80. The van der Waals surface area contributed by atoms with Gasteiger partial charge in [-0.2, -0.15) is 0 Å². The van der Waals surface area contributed by atoms with Crippen LogP contribution in [-0.4, -0.2) is 28.8 Å². The first kappa shape index (κ1) is 11.4. The summed E-state index contributed by atoms with van der Waals surface area (Å²) in [5.41, 5.74) is 4.99. The zero-order chi connectivity index (χ0) is 9.94. The van der Waals surface area contributed by atoms with Crippen molar-refractivity contribution in [1.29, 1.82) is 0 Å². The Labute approximate surface area is 72.7 Å². The third-order valence-electron chi connectivity index (χ3n) is 1.33. The highest BCUT2D eigenvalue weighted by molar-refractivity contribution is 5.73. The van der Waals surface area contributed by atoms with Gasteiger partial charge in [-0.15, -0.1) is 0 Å². The van der Waals surface area contributed by atoms with Crippen LogP contribution in [0.4, 0.5) is 0 Å². The first-order valence-electron chi connectivity index (χ1n) is 3.90. The standard InChI is InChI=1S/C8H17NO3/c1-5(6(9)7(10)11)12-8(2,3)4/h5-6H,9H2,1-4H3,(H,10,11)/t5-,6-/m0/s1. The normalized spacial score (nSPS) is 17.1. The highest BCUT2D eigenvalue weighted by Gasteiger charge is 2.24. The molecule has 4 nitrogen and oxygen atoms in total. The van der Waals surface area contributed by atoms with E-state index in [0.717, 1.165) is 0 Å². The van der Waals surface area contributed by atoms with E-state index in [0.29, 0.717) is 0 Å². The molecule has 0 radical (unpaired) electrons. The molecule has 0 saturated carbocycles. The predicted octanol–water partition coefficient (Wildman–Crippen LogP) is 0.602. The summed E-state index contributed by atoms with van der Waals surface area (Å²) in [6, 6.07) is -0.954. The third kappa shape index (κ3) is 4.31. The van der Waals surface area contributed by atoms with Crippen LogP contribution in [0.5, 0.6) is 0 Å². The van der Waals surface area contributed by atoms with Crippen molar-refractivity contribution in [3.8, 4) is 0 Å². The zero-order valence-electron chi connectivity index (χ0n) is 8.00. The molecule has 0 spiro atoms. The molecule has 0 aromatic rings. The van der Waals surface area contributed by atoms with Gasteiger partial charge in [0, 0.05) is 0 Å². The predicted molar refractivity (Wildman–Crippen MR) is 45.9 cm³/mol. The number of ether oxygens (including phenoxy) is 1. The van der Waals surface area contributed by atoms with Crippen molar-refractivity contribution in [2.75, 3.05) is 0 Å². The number of rotatable bonds is 3. The second kappa shape index (κ2) is 3.87. The lowest BCUT2D eigenvalue weighted by Crippen LogP contribution is -2.44. The number of carbonyl (C=O) groups is 1. The molecule has 12 heavy (non-hydrogen) atoms. The number of hydrogen-bond acceptors (Lipinski definition) is 3. The van der Waals surface area contributed by atoms with Gasteiger partial charge in [0.2, 0.25) is 0 Å². The van der Waals surface area contributed by atoms with Gasteiger partial charge in [0.15, 0.2) is 0 Å². The number of carboxylic acid groups (broad SMARTS) is 1. The van der Waals surface area contributed by atoms with Crippen molar-refractivity contribution in [1.82, 2.24) is 0 Å². The molecule has 0 amide bonds. The summed E-state index contributed by atoms with van der Waals surface area (Å²) in [4.78, 5) is 10.4. The SMILES string of the molecule is C[C@H](OC(C)(C)C)[C@H](N)C(=O)O. The molecule has 2 atom stereocenters. The van der Waals surface area contributed by atoms with E-state index in [2.05, 4.69) is 0 Å². The molecular formula is C8H17NO3. The minimum absolute atomic E-state index is 0.355. The van der Waals surface area contributed by atoms with E-state index < -0.39 is 18.1 Å². The summed E-state index contributed by atoms with van der Waals surface area (Å²) in [6.07, 6.45) is -0.470. The molecule has 0 aliphatic rings. The van der Waals surface area contributed by atoms with Crippen LogP contribution in [0.15, 0.2) is 0 Å². The highest BCUT2D eigenvalue weighted by atomic mass is 16.5. The van der Waals surface area contributed by atoms with Crippen LogP contribution < -0.4 is 5.73 Å². The van der Waals surface area contributed by atoms with Gasteiger partial charge >= 0.3 is 5.97 Å². The molecule has 0 heterocycles. The van der Waals surface area contributed by atoms with Crippen LogP contribution in [0.2, 0.25) is 0 Å². The van der Waals surface area contributed by atoms with Gasteiger partial charge in [0.1, 0.15) is 6.04 Å². The van der Waals surface area contributed by atoms with Crippen molar-refractivity contribution >= 4 is 5.97 Å². The van der Waals surface area contributed by atoms with Crippen LogP contribution in [0.1, 0.15) is 27.7 Å². The highest BCUT2D eigenvalue weighted by Crippen LogP contribution is 2.11. The summed E-state index contributed by atoms with van der Waals surface area (Å²) in [5.74, 6) is -1.04. The van der Waals surface area contributed by atoms with Gasteiger partial charge < -0.3 is 15.6 Å². The molecule has 72 valence electrons. The van der Waals surface area contributed by atoms with Crippen LogP contribution in [0, 0.1) is 0 Å². The Bertz CT molecular complexity index is 162. The molecule has 0 aromatic heterocycles. The maximum Gasteiger partial charge on any atom is 0.323 e. The average molecular weight is 175 g/mol. The Morgan fingerprint density at radius 3 is 2.17 bits per heavy atom. The summed E-state index contributed by atoms with van der Waals surface area (Å²) in [7, 11) is 0. The van der Waals surface area contributed by atoms with Crippen LogP contribution in [-0.2, 0) is 9.53 Å². The first-order valence-corrected chi connectivity index (χ1v) is 3.90. The number of aliphatic carboxylic acids is 1. The van der Waals surface area contributed by atoms with Crippen molar-refractivity contribution in [3.05, 3.63) is 0 Å². The summed E-state index contributed by atoms with van der Waals surface area (Å²) < 4.78 is 5.35. The Hall–Kier alpha value is -0.610. The fourth-order valence-corrected chi connectivity index (χ4v) is 0.832. The lowest BCUT2D eigenvalue weighted by atomic mass is 10.1. The van der Waals surface area contributed by atoms with E-state index in [1.54, 1.807) is 6.92 Å². The fraction of sp³-hybridized carbons (Fsp3) is 0.875. The molecule has 0 aliphatic heterocycles. The Morgan fingerprint density at radius 2 is 1.92 bits per heavy atom. The summed E-state index contributed by atoms with van der Waals surface area (Å²) in [5, 5.41) is 8.54. The van der Waals surface area contributed by atoms with Crippen molar-refractivity contribution in [2.45, 2.75) is 45.4 Å². The fourth-order valence-electron chi connectivity index (χ4n) is 0.832. The molecule has 0 aliphatic carbocycles. The maximum absolute atomic E-state index is 10.4. The second-order valence-corrected chi connectivity index (χ2v) is 3.80. The van der Waals surface area contributed by atoms with Gasteiger partial charge in [0.25, 0.3) is 0 Å². The van der Waals surface area contributed by atoms with Gasteiger partial charge in [0.05, 0.1) is 11.7 Å². The smallest absolute Gasteiger partial charge is 0.323 e. The van der Waals surface area contributed by atoms with E-state index in [9.17, 15) is 4.79 Å². The van der Waals surface area contributed by atoms with E-state index in [-0.39, 0.29) is 5.60 Å². The third-order valence-corrected chi connectivity index (χ3v) is 1.33. The van der Waals surface area contributed by atoms with Crippen molar-refractivity contribution in [2.24, 2.45) is 5.73 Å². The van der Waals surface area contributed by atoms with E-state index >= 15 is 0 Å². The summed E-state index contributed by atoms with van der Waals surface area (Å²) >= 11 is 0. The molecule has 3 N–H and O–H groups in total.